The summed E-state index contributed by atoms with van der Waals surface area (Å²) in [7, 11) is 0. The van der Waals surface area contributed by atoms with Crippen LogP contribution >= 0.6 is 23.7 Å². The zero-order chi connectivity index (χ0) is 18.5. The number of nitrogens with one attached hydrogen (secondary N) is 2. The van der Waals surface area contributed by atoms with E-state index in [2.05, 4.69) is 36.0 Å². The van der Waals surface area contributed by atoms with Gasteiger partial charge in [0.2, 0.25) is 0 Å². The predicted octanol–water partition coefficient (Wildman–Crippen LogP) is 0.647. The SMILES string of the molecule is Cl.O=C(NCc1noc(-c2cccs2)n1)c1cn(CCN2CCNCC2)nn1. The number of piperazine rings is 1. The van der Waals surface area contributed by atoms with Gasteiger partial charge in [0.15, 0.2) is 11.5 Å². The Morgan fingerprint density at radius 1 is 1.32 bits per heavy atom. The predicted molar refractivity (Wildman–Crippen MR) is 105 cm³/mol. The van der Waals surface area contributed by atoms with Crippen LogP contribution in [0.3, 0.4) is 0 Å². The van der Waals surface area contributed by atoms with Crippen LogP contribution in [0.15, 0.2) is 28.2 Å². The van der Waals surface area contributed by atoms with Gasteiger partial charge in [0.25, 0.3) is 11.8 Å². The van der Waals surface area contributed by atoms with E-state index in [1.54, 1.807) is 10.9 Å². The van der Waals surface area contributed by atoms with E-state index in [0.29, 0.717) is 18.3 Å². The number of thiophene rings is 1. The lowest BCUT2D eigenvalue weighted by Crippen LogP contribution is -2.44. The van der Waals surface area contributed by atoms with Crippen molar-refractivity contribution in [2.45, 2.75) is 13.1 Å². The molecule has 28 heavy (non-hydrogen) atoms. The van der Waals surface area contributed by atoms with Crippen LogP contribution in [-0.4, -0.2) is 68.7 Å². The normalized spacial score (nSPS) is 14.6. The van der Waals surface area contributed by atoms with Gasteiger partial charge in [-0.05, 0) is 11.4 Å². The molecule has 150 valence electrons. The Morgan fingerprint density at radius 3 is 2.96 bits per heavy atom. The van der Waals surface area contributed by atoms with Gasteiger partial charge in [0.1, 0.15) is 0 Å². The van der Waals surface area contributed by atoms with Crippen molar-refractivity contribution in [3.63, 3.8) is 0 Å². The van der Waals surface area contributed by atoms with Crippen molar-refractivity contribution >= 4 is 29.7 Å². The first kappa shape index (κ1) is 20.4. The van der Waals surface area contributed by atoms with E-state index < -0.39 is 0 Å². The number of hydrogen-bond donors (Lipinski definition) is 2. The van der Waals surface area contributed by atoms with Crippen LogP contribution in [-0.2, 0) is 13.1 Å². The lowest BCUT2D eigenvalue weighted by molar-refractivity contribution is 0.0944. The Morgan fingerprint density at radius 2 is 2.18 bits per heavy atom. The molecule has 12 heteroatoms. The lowest BCUT2D eigenvalue weighted by Gasteiger charge is -2.26. The van der Waals surface area contributed by atoms with Gasteiger partial charge < -0.3 is 15.2 Å². The quantitative estimate of drug-likeness (QED) is 0.568. The Labute approximate surface area is 171 Å². The van der Waals surface area contributed by atoms with Crippen molar-refractivity contribution < 1.29 is 9.32 Å². The summed E-state index contributed by atoms with van der Waals surface area (Å²) in [6.45, 7) is 5.84. The molecule has 3 aromatic heterocycles. The third-order valence-corrected chi connectivity index (χ3v) is 5.09. The smallest absolute Gasteiger partial charge is 0.273 e. The maximum atomic E-state index is 12.2. The number of halogens is 1. The van der Waals surface area contributed by atoms with Crippen molar-refractivity contribution in [2.24, 2.45) is 0 Å². The zero-order valence-corrected chi connectivity index (χ0v) is 16.7. The summed E-state index contributed by atoms with van der Waals surface area (Å²) in [5.41, 5.74) is 0.275. The number of amides is 1. The van der Waals surface area contributed by atoms with Gasteiger partial charge in [0.05, 0.1) is 24.2 Å². The van der Waals surface area contributed by atoms with E-state index in [-0.39, 0.29) is 30.6 Å². The van der Waals surface area contributed by atoms with Gasteiger partial charge in [-0.2, -0.15) is 4.98 Å². The molecular weight excluding hydrogens is 404 g/mol. The molecule has 0 bridgehead atoms. The molecule has 1 saturated heterocycles. The van der Waals surface area contributed by atoms with Crippen LogP contribution in [0.5, 0.6) is 0 Å². The largest absolute Gasteiger partial charge is 0.343 e. The molecule has 0 radical (unpaired) electrons. The average molecular weight is 425 g/mol. The second kappa shape index (κ2) is 9.73. The Kier molecular flexibility index (Phi) is 7.09. The number of nitrogens with zero attached hydrogens (tertiary/aromatic N) is 6. The molecule has 0 saturated carbocycles. The Hall–Kier alpha value is -2.34. The summed E-state index contributed by atoms with van der Waals surface area (Å²) in [5, 5.41) is 19.9. The molecule has 1 aliphatic heterocycles. The third kappa shape index (κ3) is 5.13. The van der Waals surface area contributed by atoms with Crippen molar-refractivity contribution in [3.05, 3.63) is 35.2 Å². The maximum absolute atomic E-state index is 12.2. The Balaban J connectivity index is 0.00000225. The first-order valence-electron chi connectivity index (χ1n) is 8.76. The second-order valence-electron chi connectivity index (χ2n) is 6.13. The fourth-order valence-electron chi connectivity index (χ4n) is 2.77. The van der Waals surface area contributed by atoms with E-state index in [9.17, 15) is 4.79 Å². The first-order chi connectivity index (χ1) is 13.3. The van der Waals surface area contributed by atoms with Gasteiger partial charge in [-0.3, -0.25) is 14.4 Å². The van der Waals surface area contributed by atoms with Gasteiger partial charge in [0, 0.05) is 32.7 Å². The summed E-state index contributed by atoms with van der Waals surface area (Å²) in [6.07, 6.45) is 1.66. The van der Waals surface area contributed by atoms with E-state index in [0.717, 1.165) is 37.6 Å². The third-order valence-electron chi connectivity index (χ3n) is 4.23. The average Bonchev–Trinajstić information content (AvgIpc) is 3.46. The van der Waals surface area contributed by atoms with Crippen LogP contribution in [0.4, 0.5) is 0 Å². The van der Waals surface area contributed by atoms with Crippen molar-refractivity contribution in [3.8, 4) is 10.8 Å². The molecule has 0 aromatic carbocycles. The van der Waals surface area contributed by atoms with Crippen LogP contribution in [0, 0.1) is 0 Å². The standard InChI is InChI=1S/C16H20N8O2S.ClH/c25-15(18-10-14-19-16(26-21-14)13-2-1-9-27-13)12-11-24(22-20-12)8-7-23-5-3-17-4-6-23;/h1-2,9,11,17H,3-8,10H2,(H,18,25);1H. The fourth-order valence-corrected chi connectivity index (χ4v) is 3.41. The molecule has 0 unspecified atom stereocenters. The highest BCUT2D eigenvalue weighted by Crippen LogP contribution is 2.22. The number of hydrogen-bond acceptors (Lipinski definition) is 9. The minimum Gasteiger partial charge on any atom is -0.343 e. The summed E-state index contributed by atoms with van der Waals surface area (Å²) >= 11 is 1.52. The lowest BCUT2D eigenvalue weighted by atomic mass is 10.3. The zero-order valence-electron chi connectivity index (χ0n) is 15.1. The second-order valence-corrected chi connectivity index (χ2v) is 7.08. The highest BCUT2D eigenvalue weighted by Gasteiger charge is 2.15. The molecule has 1 amide bonds. The van der Waals surface area contributed by atoms with Crippen LogP contribution < -0.4 is 10.6 Å². The van der Waals surface area contributed by atoms with Crippen LogP contribution in [0.25, 0.3) is 10.8 Å². The molecule has 1 aliphatic rings. The van der Waals surface area contributed by atoms with Crippen LogP contribution in [0.2, 0.25) is 0 Å². The minimum atomic E-state index is -0.314. The minimum absolute atomic E-state index is 0. The first-order valence-corrected chi connectivity index (χ1v) is 9.64. The van der Waals surface area contributed by atoms with Crippen molar-refractivity contribution in [1.29, 1.82) is 0 Å². The van der Waals surface area contributed by atoms with Crippen molar-refractivity contribution in [1.82, 2.24) is 40.7 Å². The summed E-state index contributed by atoms with van der Waals surface area (Å²) < 4.78 is 6.89. The summed E-state index contributed by atoms with van der Waals surface area (Å²) in [5.74, 6) is 0.553. The summed E-state index contributed by atoms with van der Waals surface area (Å²) in [6, 6.07) is 3.82. The van der Waals surface area contributed by atoms with Gasteiger partial charge in [-0.25, -0.2) is 0 Å². The van der Waals surface area contributed by atoms with Gasteiger partial charge in [-0.1, -0.05) is 16.4 Å². The number of carbonyl (C=O) groups excluding carboxylic acids is 1. The fraction of sp³-hybridized carbons (Fsp3) is 0.438. The van der Waals surface area contributed by atoms with Gasteiger partial charge in [-0.15, -0.1) is 28.8 Å². The molecule has 4 heterocycles. The van der Waals surface area contributed by atoms with E-state index >= 15 is 0 Å². The highest BCUT2D eigenvalue weighted by atomic mass is 35.5. The number of carbonyl (C=O) groups is 1. The maximum Gasteiger partial charge on any atom is 0.273 e. The molecule has 3 aromatic rings. The topological polar surface area (TPSA) is 114 Å². The molecular formula is C16H21ClN8O2S. The number of rotatable bonds is 7. The molecule has 0 spiro atoms. The van der Waals surface area contributed by atoms with Gasteiger partial charge >= 0.3 is 0 Å². The molecule has 0 aliphatic carbocycles. The Bertz CT molecular complexity index is 875. The van der Waals surface area contributed by atoms with Crippen LogP contribution in [0.1, 0.15) is 16.3 Å². The molecule has 10 nitrogen and oxygen atoms in total. The number of aromatic nitrogens is 5. The molecule has 2 N–H and O–H groups in total. The van der Waals surface area contributed by atoms with E-state index in [1.807, 2.05) is 17.5 Å². The van der Waals surface area contributed by atoms with Crippen molar-refractivity contribution in [2.75, 3.05) is 32.7 Å². The molecule has 4 rings (SSSR count). The molecule has 0 atom stereocenters. The molecule has 1 fully saturated rings. The van der Waals surface area contributed by atoms with E-state index in [4.69, 9.17) is 4.52 Å². The monoisotopic (exact) mass is 424 g/mol. The summed E-state index contributed by atoms with van der Waals surface area (Å²) in [4.78, 5) is 19.8. The van der Waals surface area contributed by atoms with E-state index in [1.165, 1.54) is 11.3 Å². The highest BCUT2D eigenvalue weighted by molar-refractivity contribution is 7.13.